The minimum atomic E-state index is -4.69. The Bertz CT molecular complexity index is 712. The van der Waals surface area contributed by atoms with Gasteiger partial charge in [0.15, 0.2) is 6.29 Å². The number of alkyl halides is 3. The molecule has 3 rings (SSSR count). The molecule has 132 valence electrons. The van der Waals surface area contributed by atoms with E-state index in [9.17, 15) is 18.0 Å². The molecule has 0 unspecified atom stereocenters. The highest BCUT2D eigenvalue weighted by atomic mass is 19.4. The molecule has 0 radical (unpaired) electrons. The number of carbonyl (C=O) groups is 1. The van der Waals surface area contributed by atoms with Crippen molar-refractivity contribution in [1.29, 1.82) is 0 Å². The van der Waals surface area contributed by atoms with E-state index in [4.69, 9.17) is 0 Å². The molecular weight excluding hydrogens is 337 g/mol. The molecule has 6 nitrogen and oxygen atoms in total. The second-order valence-electron chi connectivity index (χ2n) is 5.45. The van der Waals surface area contributed by atoms with E-state index in [1.807, 2.05) is 4.90 Å². The molecule has 0 saturated carbocycles. The van der Waals surface area contributed by atoms with Crippen LogP contribution < -0.4 is 14.5 Å². The van der Waals surface area contributed by atoms with E-state index < -0.39 is 6.36 Å². The van der Waals surface area contributed by atoms with E-state index in [0.29, 0.717) is 44.0 Å². The highest BCUT2D eigenvalue weighted by Crippen LogP contribution is 2.26. The van der Waals surface area contributed by atoms with Crippen molar-refractivity contribution in [3.8, 4) is 5.75 Å². The van der Waals surface area contributed by atoms with Crippen LogP contribution in [-0.4, -0.2) is 48.8 Å². The molecule has 0 atom stereocenters. The number of carbonyl (C=O) groups excluding carboxylic acids is 1. The molecule has 2 heterocycles. The Labute approximate surface area is 141 Å². The van der Waals surface area contributed by atoms with Crippen molar-refractivity contribution < 1.29 is 22.7 Å². The molecule has 0 N–H and O–H groups in total. The topological polar surface area (TPSA) is 58.6 Å². The Morgan fingerprint density at radius 2 is 1.52 bits per heavy atom. The number of hydrogen-bond donors (Lipinski definition) is 0. The van der Waals surface area contributed by atoms with Gasteiger partial charge in [0.25, 0.3) is 0 Å². The summed E-state index contributed by atoms with van der Waals surface area (Å²) in [6.45, 7) is 2.69. The van der Waals surface area contributed by atoms with Crippen LogP contribution in [0.15, 0.2) is 36.7 Å². The molecule has 25 heavy (non-hydrogen) atoms. The zero-order chi connectivity index (χ0) is 17.9. The zero-order valence-electron chi connectivity index (χ0n) is 13.1. The van der Waals surface area contributed by atoms with Crippen molar-refractivity contribution in [2.75, 3.05) is 36.0 Å². The van der Waals surface area contributed by atoms with Gasteiger partial charge in [0.2, 0.25) is 5.95 Å². The third kappa shape index (κ3) is 4.37. The Morgan fingerprint density at radius 3 is 2.04 bits per heavy atom. The van der Waals surface area contributed by atoms with Gasteiger partial charge < -0.3 is 14.5 Å². The summed E-state index contributed by atoms with van der Waals surface area (Å²) in [6, 6.07) is 5.81. The van der Waals surface area contributed by atoms with Crippen LogP contribution in [0.2, 0.25) is 0 Å². The van der Waals surface area contributed by atoms with Gasteiger partial charge in [0.05, 0.1) is 5.56 Å². The van der Waals surface area contributed by atoms with Crippen LogP contribution in [0.1, 0.15) is 10.4 Å². The Morgan fingerprint density at radius 1 is 0.960 bits per heavy atom. The lowest BCUT2D eigenvalue weighted by Gasteiger charge is -2.36. The number of piperazine rings is 1. The number of nitrogens with zero attached hydrogens (tertiary/aromatic N) is 4. The molecular formula is C16H15F3N4O2. The summed E-state index contributed by atoms with van der Waals surface area (Å²) in [5, 5.41) is 0. The molecule has 1 saturated heterocycles. The molecule has 9 heteroatoms. The van der Waals surface area contributed by atoms with Gasteiger partial charge in [-0.25, -0.2) is 9.97 Å². The molecule has 0 aliphatic carbocycles. The number of hydrogen-bond acceptors (Lipinski definition) is 6. The molecule has 0 amide bonds. The summed E-state index contributed by atoms with van der Waals surface area (Å²) in [6.07, 6.45) is -1.05. The number of aldehydes is 1. The Hall–Kier alpha value is -2.84. The maximum absolute atomic E-state index is 12.2. The van der Waals surface area contributed by atoms with Crippen molar-refractivity contribution in [3.63, 3.8) is 0 Å². The quantitative estimate of drug-likeness (QED) is 0.788. The van der Waals surface area contributed by atoms with Crippen LogP contribution in [0.3, 0.4) is 0 Å². The van der Waals surface area contributed by atoms with E-state index in [1.165, 1.54) is 24.5 Å². The second kappa shape index (κ2) is 6.96. The molecule has 2 aromatic rings. The van der Waals surface area contributed by atoms with Gasteiger partial charge in [0.1, 0.15) is 5.75 Å². The smallest absolute Gasteiger partial charge is 0.406 e. The molecule has 0 bridgehead atoms. The highest BCUT2D eigenvalue weighted by Gasteiger charge is 2.31. The van der Waals surface area contributed by atoms with Crippen molar-refractivity contribution in [2.24, 2.45) is 0 Å². The van der Waals surface area contributed by atoms with Crippen LogP contribution in [0.4, 0.5) is 24.8 Å². The number of aromatic nitrogens is 2. The summed E-state index contributed by atoms with van der Waals surface area (Å²) in [7, 11) is 0. The van der Waals surface area contributed by atoms with Gasteiger partial charge in [-0.2, -0.15) is 0 Å². The van der Waals surface area contributed by atoms with Gasteiger partial charge in [-0.1, -0.05) is 0 Å². The summed E-state index contributed by atoms with van der Waals surface area (Å²) in [4.78, 5) is 23.0. The minimum Gasteiger partial charge on any atom is -0.406 e. The second-order valence-corrected chi connectivity index (χ2v) is 5.45. The first kappa shape index (κ1) is 17.0. The Balaban J connectivity index is 1.59. The normalized spacial score (nSPS) is 15.2. The van der Waals surface area contributed by atoms with E-state index in [0.717, 1.165) is 5.69 Å². The summed E-state index contributed by atoms with van der Waals surface area (Å²) >= 11 is 0. The SMILES string of the molecule is O=Cc1cnc(N2CCN(c3ccc(OC(F)(F)F)cc3)CC2)nc1. The van der Waals surface area contributed by atoms with Gasteiger partial charge in [-0.15, -0.1) is 13.2 Å². The van der Waals surface area contributed by atoms with E-state index >= 15 is 0 Å². The van der Waals surface area contributed by atoms with Crippen molar-refractivity contribution in [2.45, 2.75) is 6.36 Å². The summed E-state index contributed by atoms with van der Waals surface area (Å²) in [5.41, 5.74) is 1.25. The third-order valence-electron chi connectivity index (χ3n) is 3.79. The van der Waals surface area contributed by atoms with E-state index in [-0.39, 0.29) is 5.75 Å². The first-order valence-electron chi connectivity index (χ1n) is 7.57. The lowest BCUT2D eigenvalue weighted by Crippen LogP contribution is -2.47. The zero-order valence-corrected chi connectivity index (χ0v) is 13.1. The standard InChI is InChI=1S/C16H15F3N4O2/c17-16(18,19)25-14-3-1-13(2-4-14)22-5-7-23(8-6-22)15-20-9-12(11-24)10-21-15/h1-4,9-11H,5-8H2. The molecule has 0 spiro atoms. The number of anilines is 2. The monoisotopic (exact) mass is 352 g/mol. The average molecular weight is 352 g/mol. The highest BCUT2D eigenvalue weighted by molar-refractivity contribution is 5.73. The lowest BCUT2D eigenvalue weighted by molar-refractivity contribution is -0.274. The number of benzene rings is 1. The van der Waals surface area contributed by atoms with Crippen molar-refractivity contribution in [1.82, 2.24) is 9.97 Å². The van der Waals surface area contributed by atoms with E-state index in [1.54, 1.807) is 12.1 Å². The van der Waals surface area contributed by atoms with Gasteiger partial charge in [-0.3, -0.25) is 4.79 Å². The van der Waals surface area contributed by atoms with Crippen LogP contribution in [-0.2, 0) is 0 Å². The molecule has 1 aliphatic rings. The molecule has 1 aromatic heterocycles. The number of ether oxygens (including phenoxy) is 1. The van der Waals surface area contributed by atoms with E-state index in [2.05, 4.69) is 19.6 Å². The minimum absolute atomic E-state index is 0.237. The largest absolute Gasteiger partial charge is 0.573 e. The van der Waals surface area contributed by atoms with Crippen LogP contribution in [0, 0.1) is 0 Å². The molecule has 1 aromatic carbocycles. The van der Waals surface area contributed by atoms with Crippen LogP contribution in [0.25, 0.3) is 0 Å². The van der Waals surface area contributed by atoms with Gasteiger partial charge in [0, 0.05) is 44.3 Å². The Kier molecular flexibility index (Phi) is 4.73. The van der Waals surface area contributed by atoms with Gasteiger partial charge >= 0.3 is 6.36 Å². The maximum atomic E-state index is 12.2. The van der Waals surface area contributed by atoms with Crippen LogP contribution in [0.5, 0.6) is 5.75 Å². The molecule has 1 aliphatic heterocycles. The fraction of sp³-hybridized carbons (Fsp3) is 0.312. The third-order valence-corrected chi connectivity index (χ3v) is 3.79. The fourth-order valence-electron chi connectivity index (χ4n) is 2.58. The number of halogens is 3. The first-order valence-corrected chi connectivity index (χ1v) is 7.57. The number of rotatable bonds is 4. The summed E-state index contributed by atoms with van der Waals surface area (Å²) < 4.78 is 40.4. The molecule has 1 fully saturated rings. The predicted octanol–water partition coefficient (Wildman–Crippen LogP) is 2.51. The first-order chi connectivity index (χ1) is 11.9. The average Bonchev–Trinajstić information content (AvgIpc) is 2.61. The van der Waals surface area contributed by atoms with Crippen molar-refractivity contribution >= 4 is 17.9 Å². The predicted molar refractivity (Wildman–Crippen MR) is 85.0 cm³/mol. The summed E-state index contributed by atoms with van der Waals surface area (Å²) in [5.74, 6) is 0.317. The van der Waals surface area contributed by atoms with Crippen LogP contribution >= 0.6 is 0 Å². The van der Waals surface area contributed by atoms with Crippen molar-refractivity contribution in [3.05, 3.63) is 42.2 Å². The maximum Gasteiger partial charge on any atom is 0.573 e. The fourth-order valence-corrected chi connectivity index (χ4v) is 2.58. The van der Waals surface area contributed by atoms with Gasteiger partial charge in [-0.05, 0) is 24.3 Å². The lowest BCUT2D eigenvalue weighted by atomic mass is 10.2.